The van der Waals surface area contributed by atoms with Crippen LogP contribution in [-0.2, 0) is 17.6 Å². The number of aryl methyl sites for hydroxylation is 2. The van der Waals surface area contributed by atoms with Crippen LogP contribution in [0.5, 0.6) is 0 Å². The SMILES string of the molecule is CNCCCc1nnc(CCC(C)OC)o1. The van der Waals surface area contributed by atoms with Gasteiger partial charge in [0, 0.05) is 20.0 Å². The number of methoxy groups -OCH3 is 1. The normalized spacial score (nSPS) is 12.9. The second-order valence-electron chi connectivity index (χ2n) is 3.88. The van der Waals surface area contributed by atoms with Gasteiger partial charge in [0.05, 0.1) is 6.10 Å². The fourth-order valence-electron chi connectivity index (χ4n) is 1.35. The van der Waals surface area contributed by atoms with Crippen molar-refractivity contribution >= 4 is 0 Å². The predicted octanol–water partition coefficient (Wildman–Crippen LogP) is 1.19. The average Bonchev–Trinajstić information content (AvgIpc) is 2.74. The molecule has 92 valence electrons. The molecule has 16 heavy (non-hydrogen) atoms. The molecule has 0 bridgehead atoms. The van der Waals surface area contributed by atoms with Gasteiger partial charge >= 0.3 is 0 Å². The summed E-state index contributed by atoms with van der Waals surface area (Å²) in [6.45, 7) is 3.00. The van der Waals surface area contributed by atoms with Gasteiger partial charge in [-0.3, -0.25) is 0 Å². The van der Waals surface area contributed by atoms with Gasteiger partial charge in [0.1, 0.15) is 0 Å². The van der Waals surface area contributed by atoms with Crippen LogP contribution in [0.1, 0.15) is 31.5 Å². The average molecular weight is 227 g/mol. The van der Waals surface area contributed by atoms with E-state index in [-0.39, 0.29) is 6.10 Å². The van der Waals surface area contributed by atoms with Crippen molar-refractivity contribution in [1.29, 1.82) is 0 Å². The first-order valence-corrected chi connectivity index (χ1v) is 5.75. The highest BCUT2D eigenvalue weighted by Gasteiger charge is 2.07. The van der Waals surface area contributed by atoms with Crippen molar-refractivity contribution in [3.8, 4) is 0 Å². The molecule has 1 atom stereocenters. The first kappa shape index (κ1) is 13.1. The Bertz CT molecular complexity index is 289. The summed E-state index contributed by atoms with van der Waals surface area (Å²) >= 11 is 0. The molecule has 5 nitrogen and oxygen atoms in total. The van der Waals surface area contributed by atoms with Gasteiger partial charge in [-0.25, -0.2) is 0 Å². The first-order valence-electron chi connectivity index (χ1n) is 5.75. The zero-order chi connectivity index (χ0) is 11.8. The maximum Gasteiger partial charge on any atom is 0.216 e. The Hall–Kier alpha value is -0.940. The van der Waals surface area contributed by atoms with Crippen molar-refractivity contribution in [2.45, 2.75) is 38.7 Å². The van der Waals surface area contributed by atoms with Crippen LogP contribution in [0.2, 0.25) is 0 Å². The summed E-state index contributed by atoms with van der Waals surface area (Å²) in [7, 11) is 3.65. The summed E-state index contributed by atoms with van der Waals surface area (Å²) in [5.74, 6) is 1.44. The molecular weight excluding hydrogens is 206 g/mol. The second kappa shape index (κ2) is 7.35. The molecule has 5 heteroatoms. The number of hydrogen-bond donors (Lipinski definition) is 1. The van der Waals surface area contributed by atoms with Crippen LogP contribution in [0.25, 0.3) is 0 Å². The molecule has 0 aliphatic rings. The number of hydrogen-bond acceptors (Lipinski definition) is 5. The van der Waals surface area contributed by atoms with Crippen molar-refractivity contribution < 1.29 is 9.15 Å². The Kier molecular flexibility index (Phi) is 6.03. The maximum absolute atomic E-state index is 5.52. The van der Waals surface area contributed by atoms with E-state index in [9.17, 15) is 0 Å². The lowest BCUT2D eigenvalue weighted by atomic mass is 10.2. The zero-order valence-electron chi connectivity index (χ0n) is 10.3. The highest BCUT2D eigenvalue weighted by molar-refractivity contribution is 4.83. The molecule has 0 spiro atoms. The lowest BCUT2D eigenvalue weighted by molar-refractivity contribution is 0.109. The molecule has 0 aromatic carbocycles. The third-order valence-corrected chi connectivity index (χ3v) is 2.49. The Balaban J connectivity index is 2.28. The molecular formula is C11H21N3O2. The zero-order valence-corrected chi connectivity index (χ0v) is 10.3. The number of nitrogens with zero attached hydrogens (tertiary/aromatic N) is 2. The van der Waals surface area contributed by atoms with Gasteiger partial charge in [-0.2, -0.15) is 0 Å². The lowest BCUT2D eigenvalue weighted by Crippen LogP contribution is -2.08. The standard InChI is InChI=1S/C11H21N3O2/c1-9(15-3)6-7-11-14-13-10(16-11)5-4-8-12-2/h9,12H,4-8H2,1-3H3. The largest absolute Gasteiger partial charge is 0.425 e. The molecule has 0 fully saturated rings. The van der Waals surface area contributed by atoms with Crippen molar-refractivity contribution in [3.05, 3.63) is 11.8 Å². The predicted molar refractivity (Wildman–Crippen MR) is 61.3 cm³/mol. The summed E-state index contributed by atoms with van der Waals surface area (Å²) in [4.78, 5) is 0. The van der Waals surface area contributed by atoms with E-state index in [2.05, 4.69) is 15.5 Å². The van der Waals surface area contributed by atoms with Crippen LogP contribution in [0.15, 0.2) is 4.42 Å². The van der Waals surface area contributed by atoms with Crippen molar-refractivity contribution in [1.82, 2.24) is 15.5 Å². The minimum absolute atomic E-state index is 0.236. The third-order valence-electron chi connectivity index (χ3n) is 2.49. The Morgan fingerprint density at radius 3 is 2.62 bits per heavy atom. The van der Waals surface area contributed by atoms with E-state index in [1.807, 2.05) is 14.0 Å². The molecule has 1 heterocycles. The molecule has 1 aromatic rings. The fourth-order valence-corrected chi connectivity index (χ4v) is 1.35. The molecule has 1 N–H and O–H groups in total. The molecule has 0 saturated carbocycles. The minimum atomic E-state index is 0.236. The van der Waals surface area contributed by atoms with E-state index in [1.54, 1.807) is 7.11 Å². The second-order valence-corrected chi connectivity index (χ2v) is 3.88. The van der Waals surface area contributed by atoms with Crippen LogP contribution in [0, 0.1) is 0 Å². The summed E-state index contributed by atoms with van der Waals surface area (Å²) in [5.41, 5.74) is 0. The number of aromatic nitrogens is 2. The molecule has 0 aliphatic carbocycles. The summed E-state index contributed by atoms with van der Waals surface area (Å²) in [5, 5.41) is 11.1. The number of ether oxygens (including phenoxy) is 1. The smallest absolute Gasteiger partial charge is 0.216 e. The minimum Gasteiger partial charge on any atom is -0.425 e. The van der Waals surface area contributed by atoms with E-state index >= 15 is 0 Å². The molecule has 0 saturated heterocycles. The number of nitrogens with one attached hydrogen (secondary N) is 1. The van der Waals surface area contributed by atoms with E-state index in [1.165, 1.54) is 0 Å². The molecule has 0 aliphatic heterocycles. The Labute approximate surface area is 96.6 Å². The van der Waals surface area contributed by atoms with Crippen LogP contribution >= 0.6 is 0 Å². The van der Waals surface area contributed by atoms with Crippen molar-refractivity contribution in [2.24, 2.45) is 0 Å². The molecule has 1 rings (SSSR count). The first-order chi connectivity index (χ1) is 7.76. The van der Waals surface area contributed by atoms with Crippen molar-refractivity contribution in [3.63, 3.8) is 0 Å². The van der Waals surface area contributed by atoms with Crippen LogP contribution in [0.3, 0.4) is 0 Å². The van der Waals surface area contributed by atoms with Crippen LogP contribution in [0.4, 0.5) is 0 Å². The summed E-state index contributed by atoms with van der Waals surface area (Å²) < 4.78 is 10.7. The summed E-state index contributed by atoms with van der Waals surface area (Å²) in [6.07, 6.45) is 3.79. The van der Waals surface area contributed by atoms with Gasteiger partial charge in [-0.05, 0) is 33.4 Å². The molecule has 1 aromatic heterocycles. The Morgan fingerprint density at radius 1 is 1.31 bits per heavy atom. The van der Waals surface area contributed by atoms with E-state index in [0.717, 1.165) is 38.1 Å². The highest BCUT2D eigenvalue weighted by atomic mass is 16.5. The summed E-state index contributed by atoms with van der Waals surface area (Å²) in [6, 6.07) is 0. The van der Waals surface area contributed by atoms with Gasteiger partial charge in [0.2, 0.25) is 11.8 Å². The van der Waals surface area contributed by atoms with Gasteiger partial charge in [0.15, 0.2) is 0 Å². The Morgan fingerprint density at radius 2 is 2.00 bits per heavy atom. The van der Waals surface area contributed by atoms with E-state index in [4.69, 9.17) is 9.15 Å². The topological polar surface area (TPSA) is 60.2 Å². The van der Waals surface area contributed by atoms with Gasteiger partial charge < -0.3 is 14.5 Å². The molecule has 0 radical (unpaired) electrons. The third kappa shape index (κ3) is 4.72. The quantitative estimate of drug-likeness (QED) is 0.676. The monoisotopic (exact) mass is 227 g/mol. The van der Waals surface area contributed by atoms with E-state index < -0.39 is 0 Å². The fraction of sp³-hybridized carbons (Fsp3) is 0.818. The molecule has 0 amide bonds. The lowest BCUT2D eigenvalue weighted by Gasteiger charge is -2.05. The maximum atomic E-state index is 5.52. The molecule has 1 unspecified atom stereocenters. The number of rotatable bonds is 8. The van der Waals surface area contributed by atoms with Gasteiger partial charge in [0.25, 0.3) is 0 Å². The van der Waals surface area contributed by atoms with Gasteiger partial charge in [-0.15, -0.1) is 10.2 Å². The van der Waals surface area contributed by atoms with E-state index in [0.29, 0.717) is 5.89 Å². The van der Waals surface area contributed by atoms with Crippen LogP contribution < -0.4 is 5.32 Å². The van der Waals surface area contributed by atoms with Crippen LogP contribution in [-0.4, -0.2) is 37.0 Å². The highest BCUT2D eigenvalue weighted by Crippen LogP contribution is 2.07. The van der Waals surface area contributed by atoms with Gasteiger partial charge in [-0.1, -0.05) is 0 Å². The van der Waals surface area contributed by atoms with Crippen molar-refractivity contribution in [2.75, 3.05) is 20.7 Å².